The lowest BCUT2D eigenvalue weighted by molar-refractivity contribution is -0.134. The summed E-state index contributed by atoms with van der Waals surface area (Å²) in [6.07, 6.45) is 5.59. The number of nitrogens with one attached hydrogen (secondary N) is 1. The first-order valence-corrected chi connectivity index (χ1v) is 11.9. The lowest BCUT2D eigenvalue weighted by Crippen LogP contribution is -2.36. The van der Waals surface area contributed by atoms with E-state index in [2.05, 4.69) is 17.4 Å². The Kier molecular flexibility index (Phi) is 9.88. The van der Waals surface area contributed by atoms with Crippen molar-refractivity contribution < 1.29 is 34.1 Å². The maximum Gasteiger partial charge on any atom is 0.414 e. The van der Waals surface area contributed by atoms with Gasteiger partial charge in [0.1, 0.15) is 5.75 Å². The van der Waals surface area contributed by atoms with Gasteiger partial charge in [0.15, 0.2) is 0 Å². The average Bonchev–Trinajstić information content (AvgIpc) is 3.11. The van der Waals surface area contributed by atoms with Gasteiger partial charge < -0.3 is 25.0 Å². The van der Waals surface area contributed by atoms with E-state index in [1.54, 1.807) is 7.11 Å². The Balaban J connectivity index is 0.000000392. The normalized spacial score (nSPS) is 14.5. The van der Waals surface area contributed by atoms with E-state index in [9.17, 15) is 14.4 Å². The predicted octanol–water partition coefficient (Wildman–Crippen LogP) is 3.23. The van der Waals surface area contributed by atoms with Gasteiger partial charge in [0.05, 0.1) is 19.4 Å². The van der Waals surface area contributed by atoms with E-state index in [1.165, 1.54) is 16.7 Å². The number of carboxylic acids is 2. The van der Waals surface area contributed by atoms with Crippen molar-refractivity contribution in [2.45, 2.75) is 32.1 Å². The Morgan fingerprint density at radius 2 is 1.64 bits per heavy atom. The van der Waals surface area contributed by atoms with Gasteiger partial charge in [-0.3, -0.25) is 4.90 Å². The molecular weight excluding hydrogens is 464 g/mol. The molecule has 0 fully saturated rings. The first-order valence-electron chi connectivity index (χ1n) is 11.9. The van der Waals surface area contributed by atoms with Gasteiger partial charge in [-0.2, -0.15) is 0 Å². The van der Waals surface area contributed by atoms with Gasteiger partial charge in [-0.05, 0) is 73.2 Å². The zero-order valence-corrected chi connectivity index (χ0v) is 20.4. The summed E-state index contributed by atoms with van der Waals surface area (Å²) in [7, 11) is 1.66. The molecule has 0 bridgehead atoms. The summed E-state index contributed by atoms with van der Waals surface area (Å²) in [6, 6.07) is 12.4. The molecule has 0 saturated carbocycles. The molecule has 2 aliphatic rings. The summed E-state index contributed by atoms with van der Waals surface area (Å²) >= 11 is 0. The van der Waals surface area contributed by atoms with E-state index >= 15 is 0 Å². The molecule has 4 rings (SSSR count). The largest absolute Gasteiger partial charge is 0.496 e. The number of para-hydroxylation sites is 1. The molecule has 0 radical (unpaired) electrons. The molecular formula is C27H32N2O7. The predicted molar refractivity (Wildman–Crippen MR) is 135 cm³/mol. The van der Waals surface area contributed by atoms with Crippen LogP contribution in [0.15, 0.2) is 48.6 Å². The van der Waals surface area contributed by atoms with E-state index in [-0.39, 0.29) is 6.09 Å². The summed E-state index contributed by atoms with van der Waals surface area (Å²) in [5, 5.41) is 19.1. The number of carboxylic acid groups (broad SMARTS) is 2. The van der Waals surface area contributed by atoms with Crippen LogP contribution in [0.2, 0.25) is 0 Å². The van der Waals surface area contributed by atoms with Gasteiger partial charge >= 0.3 is 18.0 Å². The Hall–Kier alpha value is -3.85. The molecule has 0 atom stereocenters. The van der Waals surface area contributed by atoms with E-state index in [1.807, 2.05) is 29.2 Å². The van der Waals surface area contributed by atoms with Crippen molar-refractivity contribution >= 4 is 23.7 Å². The van der Waals surface area contributed by atoms with Crippen molar-refractivity contribution in [2.24, 2.45) is 0 Å². The number of fused-ring (bicyclic) bond motifs is 2. The Bertz CT molecular complexity index is 1100. The number of carbonyl (C=O) groups excluding carboxylic acids is 1. The van der Waals surface area contributed by atoms with Gasteiger partial charge in [-0.1, -0.05) is 24.3 Å². The van der Waals surface area contributed by atoms with Gasteiger partial charge in [0.2, 0.25) is 0 Å². The number of benzene rings is 2. The maximum atomic E-state index is 12.8. The molecule has 2 aromatic carbocycles. The third-order valence-corrected chi connectivity index (χ3v) is 6.04. The summed E-state index contributed by atoms with van der Waals surface area (Å²) in [5.74, 6) is -1.68. The van der Waals surface area contributed by atoms with Crippen LogP contribution >= 0.6 is 0 Å². The minimum absolute atomic E-state index is 0.248. The maximum absolute atomic E-state index is 12.8. The fourth-order valence-electron chi connectivity index (χ4n) is 4.33. The second-order valence-corrected chi connectivity index (χ2v) is 8.44. The molecule has 3 N–H and O–H groups in total. The van der Waals surface area contributed by atoms with Crippen molar-refractivity contribution in [2.75, 3.05) is 38.3 Å². The monoisotopic (exact) mass is 496 g/mol. The average molecular weight is 497 g/mol. The van der Waals surface area contributed by atoms with Crippen LogP contribution in [0.25, 0.3) is 0 Å². The third-order valence-electron chi connectivity index (χ3n) is 6.04. The number of ether oxygens (including phenoxy) is 2. The number of hydrogen-bond acceptors (Lipinski definition) is 6. The zero-order valence-electron chi connectivity index (χ0n) is 20.4. The lowest BCUT2D eigenvalue weighted by atomic mass is 9.93. The molecule has 0 aliphatic carbocycles. The van der Waals surface area contributed by atoms with Crippen LogP contribution < -0.4 is 15.0 Å². The molecule has 192 valence electrons. The van der Waals surface area contributed by atoms with Crippen LogP contribution in [-0.4, -0.2) is 61.6 Å². The van der Waals surface area contributed by atoms with Crippen molar-refractivity contribution in [1.82, 2.24) is 5.32 Å². The van der Waals surface area contributed by atoms with Gasteiger partial charge in [-0.15, -0.1) is 0 Å². The minimum Gasteiger partial charge on any atom is -0.496 e. The molecule has 36 heavy (non-hydrogen) atoms. The van der Waals surface area contributed by atoms with Crippen molar-refractivity contribution in [3.63, 3.8) is 0 Å². The highest BCUT2D eigenvalue weighted by Gasteiger charge is 2.25. The summed E-state index contributed by atoms with van der Waals surface area (Å²) in [5.41, 5.74) is 6.14. The number of hydrogen-bond donors (Lipinski definition) is 3. The number of amides is 1. The number of anilines is 1. The van der Waals surface area contributed by atoms with Crippen LogP contribution in [0.1, 0.15) is 28.7 Å². The Morgan fingerprint density at radius 1 is 0.972 bits per heavy atom. The second kappa shape index (κ2) is 13.3. The fraction of sp³-hybridized carbons (Fsp3) is 0.370. The minimum atomic E-state index is -1.26. The molecule has 2 aliphatic heterocycles. The molecule has 9 heteroatoms. The summed E-state index contributed by atoms with van der Waals surface area (Å²) in [6.45, 7) is 3.09. The van der Waals surface area contributed by atoms with Crippen LogP contribution in [0, 0.1) is 0 Å². The lowest BCUT2D eigenvalue weighted by Gasteiger charge is -2.30. The SMILES string of the molecule is COc1ccccc1CCOC(=O)N1CCCc2cc3c(cc21)CCNCC3.O=C(O)/C=C/C(=O)O. The number of rotatable bonds is 6. The fourth-order valence-corrected chi connectivity index (χ4v) is 4.33. The number of aryl methyl sites for hydroxylation is 1. The highest BCUT2D eigenvalue weighted by atomic mass is 16.6. The van der Waals surface area contributed by atoms with Crippen LogP contribution in [0.3, 0.4) is 0 Å². The van der Waals surface area contributed by atoms with Crippen LogP contribution in [-0.2, 0) is 40.0 Å². The van der Waals surface area contributed by atoms with E-state index in [4.69, 9.17) is 19.7 Å². The van der Waals surface area contributed by atoms with E-state index in [0.29, 0.717) is 25.2 Å². The Morgan fingerprint density at radius 3 is 2.31 bits per heavy atom. The molecule has 2 heterocycles. The summed E-state index contributed by atoms with van der Waals surface area (Å²) < 4.78 is 11.0. The number of methoxy groups -OCH3 is 1. The number of carbonyl (C=O) groups is 3. The second-order valence-electron chi connectivity index (χ2n) is 8.44. The quantitative estimate of drug-likeness (QED) is 0.521. The smallest absolute Gasteiger partial charge is 0.414 e. The van der Waals surface area contributed by atoms with Crippen LogP contribution in [0.4, 0.5) is 10.5 Å². The third kappa shape index (κ3) is 7.58. The first-order chi connectivity index (χ1) is 17.4. The number of aliphatic carboxylic acids is 2. The van der Waals surface area contributed by atoms with Crippen molar-refractivity contribution in [3.8, 4) is 5.75 Å². The molecule has 0 saturated heterocycles. The van der Waals surface area contributed by atoms with Gasteiger partial charge in [-0.25, -0.2) is 14.4 Å². The topological polar surface area (TPSA) is 125 Å². The molecule has 2 aromatic rings. The van der Waals surface area contributed by atoms with Crippen molar-refractivity contribution in [3.05, 3.63) is 70.8 Å². The van der Waals surface area contributed by atoms with Crippen molar-refractivity contribution in [1.29, 1.82) is 0 Å². The molecule has 1 amide bonds. The molecule has 9 nitrogen and oxygen atoms in total. The zero-order chi connectivity index (χ0) is 25.9. The van der Waals surface area contributed by atoms with Crippen LogP contribution in [0.5, 0.6) is 5.75 Å². The standard InChI is InChI=1S/C23H28N2O3.C4H4O4/c1-27-22-7-3-2-5-17(22)10-14-28-23(26)25-13-4-6-20-15-18-8-11-24-12-9-19(18)16-21(20)25;5-3(6)1-2-4(7)8/h2-3,5,7,15-16,24H,4,6,8-14H2,1H3;1-2H,(H,5,6)(H,7,8)/b;2-1+. The van der Waals surface area contributed by atoms with E-state index in [0.717, 1.165) is 62.3 Å². The van der Waals surface area contributed by atoms with E-state index < -0.39 is 11.9 Å². The van der Waals surface area contributed by atoms with Gasteiger partial charge in [0, 0.05) is 25.1 Å². The Labute approximate surface area is 210 Å². The molecule has 0 spiro atoms. The molecule has 0 unspecified atom stereocenters. The highest BCUT2D eigenvalue weighted by molar-refractivity contribution is 5.90. The van der Waals surface area contributed by atoms with Gasteiger partial charge in [0.25, 0.3) is 0 Å². The first kappa shape index (κ1) is 26.7. The highest BCUT2D eigenvalue weighted by Crippen LogP contribution is 2.32. The number of nitrogens with zero attached hydrogens (tertiary/aromatic N) is 1. The summed E-state index contributed by atoms with van der Waals surface area (Å²) in [4.78, 5) is 33.7. The molecule has 0 aromatic heterocycles.